The van der Waals surface area contributed by atoms with Gasteiger partial charge >= 0.3 is 0 Å². The number of rotatable bonds is 5. The van der Waals surface area contributed by atoms with E-state index < -0.39 is 5.54 Å². The number of aliphatic hydroxyl groups is 1. The Morgan fingerprint density at radius 2 is 2.00 bits per heavy atom. The number of likely N-dealkylation sites (N-methyl/N-ethyl adjacent to an activating group) is 1. The van der Waals surface area contributed by atoms with E-state index in [0.29, 0.717) is 5.95 Å². The fourth-order valence-corrected chi connectivity index (χ4v) is 2.66. The third kappa shape index (κ3) is 3.66. The molecule has 1 amide bonds. The molecule has 1 saturated carbocycles. The summed E-state index contributed by atoms with van der Waals surface area (Å²) >= 11 is 0. The molecule has 0 bridgehead atoms. The second-order valence-corrected chi connectivity index (χ2v) is 5.45. The van der Waals surface area contributed by atoms with Gasteiger partial charge in [-0.3, -0.25) is 4.79 Å². The second-order valence-electron chi connectivity index (χ2n) is 5.45. The summed E-state index contributed by atoms with van der Waals surface area (Å²) in [5.74, 6) is 0.417. The summed E-state index contributed by atoms with van der Waals surface area (Å²) in [7, 11) is 1.78. The molecule has 1 aliphatic rings. The molecule has 0 aliphatic heterocycles. The van der Waals surface area contributed by atoms with E-state index in [-0.39, 0.29) is 19.1 Å². The Morgan fingerprint density at radius 1 is 1.35 bits per heavy atom. The molecule has 1 fully saturated rings. The Hall–Kier alpha value is -1.69. The van der Waals surface area contributed by atoms with Crippen LogP contribution in [0.2, 0.25) is 0 Å². The molecule has 0 radical (unpaired) electrons. The molecule has 1 aromatic heterocycles. The van der Waals surface area contributed by atoms with Crippen LogP contribution in [0.1, 0.15) is 32.1 Å². The second kappa shape index (κ2) is 6.65. The number of anilines is 1. The normalized spacial score (nSPS) is 17.5. The Labute approximate surface area is 119 Å². The first-order valence-corrected chi connectivity index (χ1v) is 7.05. The summed E-state index contributed by atoms with van der Waals surface area (Å²) < 4.78 is 0. The molecule has 0 aromatic carbocycles. The van der Waals surface area contributed by atoms with Crippen molar-refractivity contribution in [3.8, 4) is 0 Å². The predicted octanol–water partition coefficient (Wildman–Crippen LogP) is 0.724. The lowest BCUT2D eigenvalue weighted by Gasteiger charge is -2.36. The topological polar surface area (TPSA) is 78.4 Å². The Balaban J connectivity index is 1.91. The highest BCUT2D eigenvalue weighted by Crippen LogP contribution is 2.27. The molecule has 0 spiro atoms. The summed E-state index contributed by atoms with van der Waals surface area (Å²) in [6, 6.07) is 1.74. The van der Waals surface area contributed by atoms with Crippen LogP contribution in [-0.2, 0) is 4.79 Å². The van der Waals surface area contributed by atoms with E-state index in [4.69, 9.17) is 0 Å². The number of nitrogens with zero attached hydrogens (tertiary/aromatic N) is 3. The minimum atomic E-state index is -0.437. The van der Waals surface area contributed by atoms with Crippen LogP contribution in [0.5, 0.6) is 0 Å². The highest BCUT2D eigenvalue weighted by molar-refractivity contribution is 5.81. The smallest absolute Gasteiger partial charge is 0.240 e. The number of carbonyl (C=O) groups excluding carboxylic acids is 1. The Kier molecular flexibility index (Phi) is 4.89. The molecule has 0 atom stereocenters. The summed E-state index contributed by atoms with van der Waals surface area (Å²) in [5.41, 5.74) is -0.437. The summed E-state index contributed by atoms with van der Waals surface area (Å²) in [6.07, 6.45) is 8.27. The number of aromatic nitrogens is 2. The zero-order chi connectivity index (χ0) is 14.4. The van der Waals surface area contributed by atoms with Gasteiger partial charge in [-0.15, -0.1) is 0 Å². The molecule has 0 saturated heterocycles. The number of hydrogen-bond donors (Lipinski definition) is 2. The number of nitrogens with one attached hydrogen (secondary N) is 1. The molecular formula is C14H22N4O2. The monoisotopic (exact) mass is 278 g/mol. The van der Waals surface area contributed by atoms with E-state index in [1.54, 1.807) is 30.4 Å². The number of amides is 1. The summed E-state index contributed by atoms with van der Waals surface area (Å²) in [4.78, 5) is 22.0. The van der Waals surface area contributed by atoms with Crippen molar-refractivity contribution in [2.45, 2.75) is 37.6 Å². The van der Waals surface area contributed by atoms with Crippen molar-refractivity contribution < 1.29 is 9.90 Å². The first kappa shape index (κ1) is 14.7. The van der Waals surface area contributed by atoms with Gasteiger partial charge in [0.15, 0.2) is 0 Å². The van der Waals surface area contributed by atoms with Crippen molar-refractivity contribution in [3.63, 3.8) is 0 Å². The maximum Gasteiger partial charge on any atom is 0.240 e. The van der Waals surface area contributed by atoms with Crippen molar-refractivity contribution >= 4 is 11.9 Å². The lowest BCUT2D eigenvalue weighted by molar-refractivity contribution is -0.122. The van der Waals surface area contributed by atoms with Crippen LogP contribution in [0.4, 0.5) is 5.95 Å². The van der Waals surface area contributed by atoms with Gasteiger partial charge in [-0.25, -0.2) is 9.97 Å². The number of hydrogen-bond acceptors (Lipinski definition) is 5. The summed E-state index contributed by atoms with van der Waals surface area (Å²) in [5, 5.41) is 12.6. The van der Waals surface area contributed by atoms with Crippen LogP contribution >= 0.6 is 0 Å². The largest absolute Gasteiger partial charge is 0.394 e. The van der Waals surface area contributed by atoms with Gasteiger partial charge < -0.3 is 15.3 Å². The average Bonchev–Trinajstić information content (AvgIpc) is 2.49. The predicted molar refractivity (Wildman–Crippen MR) is 76.3 cm³/mol. The van der Waals surface area contributed by atoms with E-state index >= 15 is 0 Å². The standard InChI is InChI=1S/C14H22N4O2/c1-18(13-15-8-5-9-16-13)10-12(20)17-14(11-19)6-3-2-4-7-14/h5,8-9,19H,2-4,6-7,10-11H2,1H3,(H,17,20). The molecular weight excluding hydrogens is 256 g/mol. The van der Waals surface area contributed by atoms with Gasteiger partial charge in [0.2, 0.25) is 11.9 Å². The molecule has 2 rings (SSSR count). The lowest BCUT2D eigenvalue weighted by atomic mass is 9.82. The minimum absolute atomic E-state index is 0.00426. The SMILES string of the molecule is CN(CC(=O)NC1(CO)CCCCC1)c1ncccn1. The van der Waals surface area contributed by atoms with E-state index in [0.717, 1.165) is 25.7 Å². The van der Waals surface area contributed by atoms with Crippen molar-refractivity contribution in [2.24, 2.45) is 0 Å². The first-order chi connectivity index (χ1) is 9.65. The van der Waals surface area contributed by atoms with Gasteiger partial charge in [-0.2, -0.15) is 0 Å². The summed E-state index contributed by atoms with van der Waals surface area (Å²) in [6.45, 7) is 0.191. The van der Waals surface area contributed by atoms with Gasteiger partial charge in [0.1, 0.15) is 0 Å². The number of carbonyl (C=O) groups is 1. The highest BCUT2D eigenvalue weighted by Gasteiger charge is 2.32. The van der Waals surface area contributed by atoms with Crippen molar-refractivity contribution in [2.75, 3.05) is 25.1 Å². The third-order valence-electron chi connectivity index (χ3n) is 3.79. The molecule has 6 nitrogen and oxygen atoms in total. The zero-order valence-electron chi connectivity index (χ0n) is 11.9. The molecule has 1 aliphatic carbocycles. The minimum Gasteiger partial charge on any atom is -0.394 e. The van der Waals surface area contributed by atoms with Crippen LogP contribution in [-0.4, -0.2) is 46.7 Å². The van der Waals surface area contributed by atoms with E-state index in [1.807, 2.05) is 0 Å². The Bertz CT molecular complexity index is 432. The van der Waals surface area contributed by atoms with E-state index in [9.17, 15) is 9.90 Å². The zero-order valence-corrected chi connectivity index (χ0v) is 11.9. The third-order valence-corrected chi connectivity index (χ3v) is 3.79. The van der Waals surface area contributed by atoms with Gasteiger partial charge in [0.25, 0.3) is 0 Å². The number of aliphatic hydroxyl groups excluding tert-OH is 1. The molecule has 20 heavy (non-hydrogen) atoms. The maximum atomic E-state index is 12.1. The van der Waals surface area contributed by atoms with Crippen LogP contribution in [0.3, 0.4) is 0 Å². The first-order valence-electron chi connectivity index (χ1n) is 7.05. The van der Waals surface area contributed by atoms with Crippen LogP contribution in [0.25, 0.3) is 0 Å². The molecule has 110 valence electrons. The van der Waals surface area contributed by atoms with E-state index in [2.05, 4.69) is 15.3 Å². The maximum absolute atomic E-state index is 12.1. The highest BCUT2D eigenvalue weighted by atomic mass is 16.3. The van der Waals surface area contributed by atoms with Gasteiger partial charge in [-0.05, 0) is 18.9 Å². The van der Waals surface area contributed by atoms with Crippen molar-refractivity contribution in [1.82, 2.24) is 15.3 Å². The van der Waals surface area contributed by atoms with Crippen LogP contribution in [0.15, 0.2) is 18.5 Å². The van der Waals surface area contributed by atoms with Gasteiger partial charge in [-0.1, -0.05) is 19.3 Å². The van der Waals surface area contributed by atoms with Crippen molar-refractivity contribution in [3.05, 3.63) is 18.5 Å². The van der Waals surface area contributed by atoms with Crippen LogP contribution in [0, 0.1) is 0 Å². The van der Waals surface area contributed by atoms with Gasteiger partial charge in [0, 0.05) is 19.4 Å². The fraction of sp³-hybridized carbons (Fsp3) is 0.643. The van der Waals surface area contributed by atoms with Crippen LogP contribution < -0.4 is 10.2 Å². The van der Waals surface area contributed by atoms with E-state index in [1.165, 1.54) is 6.42 Å². The lowest BCUT2D eigenvalue weighted by Crippen LogP contribution is -2.54. The molecule has 1 aromatic rings. The molecule has 1 heterocycles. The van der Waals surface area contributed by atoms with Gasteiger partial charge in [0.05, 0.1) is 18.7 Å². The quantitative estimate of drug-likeness (QED) is 0.830. The Morgan fingerprint density at radius 3 is 2.60 bits per heavy atom. The van der Waals surface area contributed by atoms with Crippen molar-refractivity contribution in [1.29, 1.82) is 0 Å². The molecule has 0 unspecified atom stereocenters. The average molecular weight is 278 g/mol. The molecule has 2 N–H and O–H groups in total. The fourth-order valence-electron chi connectivity index (χ4n) is 2.66. The molecule has 6 heteroatoms.